The second-order valence-corrected chi connectivity index (χ2v) is 5.07. The van der Waals surface area contributed by atoms with E-state index >= 15 is 0 Å². The number of carbonyl (C=O) groups excluding carboxylic acids is 2. The number of hydrogen-bond donors (Lipinski definition) is 2. The number of carbonyl (C=O) groups is 3. The number of amides is 2. The molecule has 2 N–H and O–H groups in total. The smallest absolute Gasteiger partial charge is 0.306 e. The van der Waals surface area contributed by atoms with Gasteiger partial charge in [0, 0.05) is 33.0 Å². The predicted molar refractivity (Wildman–Crippen MR) is 69.4 cm³/mol. The van der Waals surface area contributed by atoms with Crippen LogP contribution in [0.4, 0.5) is 0 Å². The first-order chi connectivity index (χ1) is 8.95. The van der Waals surface area contributed by atoms with E-state index in [1.54, 1.807) is 19.0 Å². The Morgan fingerprint density at radius 3 is 2.16 bits per heavy atom. The zero-order valence-corrected chi connectivity index (χ0v) is 11.5. The summed E-state index contributed by atoms with van der Waals surface area (Å²) in [5, 5.41) is 11.4. The van der Waals surface area contributed by atoms with Crippen LogP contribution >= 0.6 is 0 Å². The summed E-state index contributed by atoms with van der Waals surface area (Å²) in [4.78, 5) is 35.6. The number of carboxylic acids is 1. The molecule has 2 amide bonds. The van der Waals surface area contributed by atoms with Crippen molar-refractivity contribution in [1.82, 2.24) is 10.2 Å². The molecule has 0 radical (unpaired) electrons. The molecule has 19 heavy (non-hydrogen) atoms. The second-order valence-electron chi connectivity index (χ2n) is 5.07. The van der Waals surface area contributed by atoms with Crippen LogP contribution < -0.4 is 5.32 Å². The first kappa shape index (κ1) is 15.5. The number of aliphatic carboxylic acids is 1. The van der Waals surface area contributed by atoms with Crippen LogP contribution in [0.15, 0.2) is 0 Å². The zero-order chi connectivity index (χ0) is 14.4. The summed E-state index contributed by atoms with van der Waals surface area (Å²) < 4.78 is 0. The average Bonchev–Trinajstić information content (AvgIpc) is 2.43. The highest BCUT2D eigenvalue weighted by Crippen LogP contribution is 2.29. The molecule has 0 atom stereocenters. The fraction of sp³-hybridized carbons (Fsp3) is 0.769. The first-order valence-electron chi connectivity index (χ1n) is 6.64. The normalized spacial score (nSPS) is 22.6. The molecule has 0 aliphatic heterocycles. The van der Waals surface area contributed by atoms with Gasteiger partial charge in [-0.25, -0.2) is 0 Å². The van der Waals surface area contributed by atoms with Crippen molar-refractivity contribution in [2.75, 3.05) is 20.6 Å². The molecule has 0 saturated heterocycles. The largest absolute Gasteiger partial charge is 0.481 e. The number of hydrogen-bond acceptors (Lipinski definition) is 3. The van der Waals surface area contributed by atoms with E-state index in [0.717, 1.165) is 0 Å². The molecule has 0 unspecified atom stereocenters. The summed E-state index contributed by atoms with van der Waals surface area (Å²) >= 11 is 0. The standard InChI is InChI=1S/C13H22N2O4/c1-14-11(16)7-8-15(2)12(17)9-3-5-10(6-4-9)13(18)19/h9-10H,3-8H2,1-2H3,(H,14,16)(H,18,19). The monoisotopic (exact) mass is 270 g/mol. The summed E-state index contributed by atoms with van der Waals surface area (Å²) in [5.74, 6) is -1.23. The van der Waals surface area contributed by atoms with Crippen LogP contribution in [-0.2, 0) is 14.4 Å². The van der Waals surface area contributed by atoms with Crippen molar-refractivity contribution in [3.8, 4) is 0 Å². The lowest BCUT2D eigenvalue weighted by molar-refractivity contribution is -0.145. The minimum atomic E-state index is -0.765. The van der Waals surface area contributed by atoms with E-state index in [1.165, 1.54) is 0 Å². The van der Waals surface area contributed by atoms with Crippen molar-refractivity contribution in [2.24, 2.45) is 11.8 Å². The molecule has 108 valence electrons. The van der Waals surface area contributed by atoms with Gasteiger partial charge in [-0.05, 0) is 25.7 Å². The summed E-state index contributed by atoms with van der Waals surface area (Å²) in [5.41, 5.74) is 0. The van der Waals surface area contributed by atoms with E-state index in [-0.39, 0.29) is 23.7 Å². The van der Waals surface area contributed by atoms with Crippen LogP contribution in [0.3, 0.4) is 0 Å². The Balaban J connectivity index is 2.37. The molecule has 1 saturated carbocycles. The molecule has 0 spiro atoms. The third kappa shape index (κ3) is 4.54. The van der Waals surface area contributed by atoms with E-state index in [0.29, 0.717) is 38.6 Å². The molecule has 1 aliphatic rings. The summed E-state index contributed by atoms with van der Waals surface area (Å²) in [7, 11) is 3.26. The van der Waals surface area contributed by atoms with Gasteiger partial charge in [0.15, 0.2) is 0 Å². The Bertz CT molecular complexity index is 349. The third-order valence-electron chi connectivity index (χ3n) is 3.75. The van der Waals surface area contributed by atoms with Crippen LogP contribution in [0, 0.1) is 11.8 Å². The topological polar surface area (TPSA) is 86.7 Å². The lowest BCUT2D eigenvalue weighted by Gasteiger charge is -2.28. The molecule has 0 aromatic heterocycles. The Kier molecular flexibility index (Phi) is 5.79. The van der Waals surface area contributed by atoms with E-state index in [2.05, 4.69) is 5.32 Å². The summed E-state index contributed by atoms with van der Waals surface area (Å²) in [6.45, 7) is 0.400. The van der Waals surface area contributed by atoms with Gasteiger partial charge >= 0.3 is 5.97 Å². The number of nitrogens with zero attached hydrogens (tertiary/aromatic N) is 1. The van der Waals surface area contributed by atoms with Crippen molar-refractivity contribution in [2.45, 2.75) is 32.1 Å². The maximum absolute atomic E-state index is 12.1. The lowest BCUT2D eigenvalue weighted by Crippen LogP contribution is -2.37. The van der Waals surface area contributed by atoms with E-state index < -0.39 is 5.97 Å². The number of carboxylic acid groups (broad SMARTS) is 1. The summed E-state index contributed by atoms with van der Waals surface area (Å²) in [6.07, 6.45) is 2.67. The molecule has 1 rings (SSSR count). The van der Waals surface area contributed by atoms with Gasteiger partial charge < -0.3 is 15.3 Å². The van der Waals surface area contributed by atoms with Gasteiger partial charge in [0.2, 0.25) is 11.8 Å². The van der Waals surface area contributed by atoms with Gasteiger partial charge in [-0.2, -0.15) is 0 Å². The van der Waals surface area contributed by atoms with Gasteiger partial charge in [0.25, 0.3) is 0 Å². The van der Waals surface area contributed by atoms with E-state index in [9.17, 15) is 14.4 Å². The molecule has 0 bridgehead atoms. The van der Waals surface area contributed by atoms with Gasteiger partial charge in [0.1, 0.15) is 0 Å². The highest BCUT2D eigenvalue weighted by Gasteiger charge is 2.31. The second kappa shape index (κ2) is 7.11. The van der Waals surface area contributed by atoms with Crippen LogP contribution in [0.2, 0.25) is 0 Å². The van der Waals surface area contributed by atoms with Crippen LogP contribution in [0.25, 0.3) is 0 Å². The molecule has 0 heterocycles. The van der Waals surface area contributed by atoms with Crippen molar-refractivity contribution in [3.05, 3.63) is 0 Å². The Morgan fingerprint density at radius 1 is 1.16 bits per heavy atom. The number of rotatable bonds is 5. The minimum Gasteiger partial charge on any atom is -0.481 e. The molecular formula is C13H22N2O4. The summed E-state index contributed by atoms with van der Waals surface area (Å²) in [6, 6.07) is 0. The zero-order valence-electron chi connectivity index (χ0n) is 11.5. The molecule has 0 aromatic rings. The fourth-order valence-electron chi connectivity index (χ4n) is 2.40. The van der Waals surface area contributed by atoms with Gasteiger partial charge in [-0.1, -0.05) is 0 Å². The molecular weight excluding hydrogens is 248 g/mol. The minimum absolute atomic E-state index is 0.0211. The highest BCUT2D eigenvalue weighted by atomic mass is 16.4. The highest BCUT2D eigenvalue weighted by molar-refractivity contribution is 5.80. The van der Waals surface area contributed by atoms with Crippen molar-refractivity contribution < 1.29 is 19.5 Å². The Labute approximate surface area is 113 Å². The molecule has 6 nitrogen and oxygen atoms in total. The quantitative estimate of drug-likeness (QED) is 0.760. The molecule has 1 aliphatic carbocycles. The molecule has 1 fully saturated rings. The van der Waals surface area contributed by atoms with Gasteiger partial charge in [0.05, 0.1) is 5.92 Å². The third-order valence-corrected chi connectivity index (χ3v) is 3.75. The molecule has 6 heteroatoms. The maximum atomic E-state index is 12.1. The van der Waals surface area contributed by atoms with Crippen LogP contribution in [0.5, 0.6) is 0 Å². The van der Waals surface area contributed by atoms with Gasteiger partial charge in [-0.3, -0.25) is 14.4 Å². The van der Waals surface area contributed by atoms with Gasteiger partial charge in [-0.15, -0.1) is 0 Å². The maximum Gasteiger partial charge on any atom is 0.306 e. The SMILES string of the molecule is CNC(=O)CCN(C)C(=O)C1CCC(C(=O)O)CC1. The fourth-order valence-corrected chi connectivity index (χ4v) is 2.40. The Morgan fingerprint density at radius 2 is 1.68 bits per heavy atom. The number of nitrogens with one attached hydrogen (secondary N) is 1. The average molecular weight is 270 g/mol. The molecule has 0 aromatic carbocycles. The lowest BCUT2D eigenvalue weighted by atomic mass is 9.81. The van der Waals surface area contributed by atoms with Crippen molar-refractivity contribution in [1.29, 1.82) is 0 Å². The van der Waals surface area contributed by atoms with E-state index in [4.69, 9.17) is 5.11 Å². The van der Waals surface area contributed by atoms with Crippen LogP contribution in [-0.4, -0.2) is 48.4 Å². The Hall–Kier alpha value is -1.59. The van der Waals surface area contributed by atoms with E-state index in [1.807, 2.05) is 0 Å². The van der Waals surface area contributed by atoms with Crippen LogP contribution in [0.1, 0.15) is 32.1 Å². The van der Waals surface area contributed by atoms with Crippen molar-refractivity contribution in [3.63, 3.8) is 0 Å². The van der Waals surface area contributed by atoms with Crippen molar-refractivity contribution >= 4 is 17.8 Å². The predicted octanol–water partition coefficient (Wildman–Crippen LogP) is 0.472. The first-order valence-corrected chi connectivity index (χ1v) is 6.64.